The van der Waals surface area contributed by atoms with Crippen molar-refractivity contribution in [3.63, 3.8) is 0 Å². The Bertz CT molecular complexity index is 2450. The summed E-state index contributed by atoms with van der Waals surface area (Å²) >= 11 is 1.59. The number of aliphatic hydroxyl groups is 1. The number of nitrogen functional groups attached to an aromatic ring is 1. The van der Waals surface area contributed by atoms with Gasteiger partial charge in [-0.05, 0) is 93.3 Å². The van der Waals surface area contributed by atoms with Gasteiger partial charge in [0, 0.05) is 38.2 Å². The lowest BCUT2D eigenvalue weighted by atomic mass is 9.85. The number of carbonyl (C=O) groups excluding carboxylic acids is 3. The number of nitrogens with one attached hydrogen (secondary N) is 2. The maximum atomic E-state index is 14.3. The molecule has 340 valence electrons. The molecule has 3 aliphatic heterocycles. The molecule has 8 rings (SSSR count). The van der Waals surface area contributed by atoms with Crippen molar-refractivity contribution >= 4 is 45.9 Å². The van der Waals surface area contributed by atoms with E-state index in [2.05, 4.69) is 40.7 Å². The minimum Gasteiger partial charge on any atom is -0.507 e. The van der Waals surface area contributed by atoms with E-state index in [1.165, 1.54) is 4.90 Å². The first-order valence-corrected chi connectivity index (χ1v) is 23.3. The Hall–Kier alpha value is -5.49. The number of likely N-dealkylation sites (tertiary alicyclic amines) is 3. The van der Waals surface area contributed by atoms with Crippen molar-refractivity contribution in [2.24, 2.45) is 11.3 Å². The van der Waals surface area contributed by atoms with Crippen molar-refractivity contribution in [3.8, 4) is 27.4 Å². The number of aromatic nitrogens is 5. The number of aliphatic hydroxyl groups excluding tert-OH is 1. The molecule has 0 spiro atoms. The number of thiazole rings is 1. The number of hydrogen-bond acceptors (Lipinski definition) is 13. The number of hydrogen-bond donors (Lipinski definition) is 5. The molecular weight excluding hydrogens is 831 g/mol. The molecule has 0 aliphatic carbocycles. The van der Waals surface area contributed by atoms with E-state index in [4.69, 9.17) is 5.73 Å². The number of phenolic OH excluding ortho intramolecular Hbond substituents is 1. The van der Waals surface area contributed by atoms with Crippen LogP contribution in [0.4, 0.5) is 5.82 Å². The molecule has 2 aromatic carbocycles. The third-order valence-corrected chi connectivity index (χ3v) is 14.2. The zero-order valence-electron chi connectivity index (χ0n) is 37.4. The van der Waals surface area contributed by atoms with Gasteiger partial charge < -0.3 is 36.4 Å². The van der Waals surface area contributed by atoms with Crippen molar-refractivity contribution in [1.82, 2.24) is 50.3 Å². The monoisotopic (exact) mass is 891 g/mol. The highest BCUT2D eigenvalue weighted by Crippen LogP contribution is 2.34. The number of aryl methyl sites for hydroxylation is 1. The molecule has 3 aromatic heterocycles. The molecule has 4 atom stereocenters. The lowest BCUT2D eigenvalue weighted by Gasteiger charge is -2.38. The van der Waals surface area contributed by atoms with Crippen molar-refractivity contribution < 1.29 is 24.6 Å². The number of para-hydroxylation sites is 1. The SMILES string of the molecule is Cc1ncsc1-c1ccc([C@H](C)NC(=O)[C@@H]2C[C@@H](O)CN2C(=O)[C@@H](NC(=O)CN2CCC(CN3CCC(n4nc(N)c5nnc(-c6ccccc6O)cc54)CC3)CC2)C(C)(C)C)cc1. The zero-order valence-corrected chi connectivity index (χ0v) is 38.2. The third kappa shape index (κ3) is 9.92. The highest BCUT2D eigenvalue weighted by molar-refractivity contribution is 7.13. The Morgan fingerprint density at radius 3 is 2.33 bits per heavy atom. The van der Waals surface area contributed by atoms with Crippen LogP contribution in [0.5, 0.6) is 5.75 Å². The highest BCUT2D eigenvalue weighted by atomic mass is 32.1. The zero-order chi connectivity index (χ0) is 45.3. The van der Waals surface area contributed by atoms with Gasteiger partial charge in [-0.25, -0.2) is 4.98 Å². The molecule has 3 amide bonds. The minimum absolute atomic E-state index is 0.0214. The number of phenols is 1. The van der Waals surface area contributed by atoms with E-state index in [1.54, 1.807) is 23.5 Å². The van der Waals surface area contributed by atoms with Crippen LogP contribution in [0.25, 0.3) is 32.7 Å². The lowest BCUT2D eigenvalue weighted by Crippen LogP contribution is -2.59. The molecule has 0 unspecified atom stereocenters. The summed E-state index contributed by atoms with van der Waals surface area (Å²) in [5.74, 6) is 0.0671. The van der Waals surface area contributed by atoms with E-state index < -0.39 is 23.6 Å². The molecule has 17 heteroatoms. The van der Waals surface area contributed by atoms with Crippen LogP contribution in [0.15, 0.2) is 60.1 Å². The first kappa shape index (κ1) is 45.1. The summed E-state index contributed by atoms with van der Waals surface area (Å²) in [5.41, 5.74) is 13.0. The number of fused-ring (bicyclic) bond motifs is 1. The Balaban J connectivity index is 0.807. The summed E-state index contributed by atoms with van der Waals surface area (Å²) in [6, 6.07) is 15.1. The Kier molecular flexibility index (Phi) is 13.3. The molecule has 0 bridgehead atoms. The van der Waals surface area contributed by atoms with E-state index in [-0.39, 0.29) is 55.1 Å². The van der Waals surface area contributed by atoms with Gasteiger partial charge in [0.05, 0.1) is 52.0 Å². The molecule has 3 fully saturated rings. The molecule has 3 saturated heterocycles. The molecule has 64 heavy (non-hydrogen) atoms. The summed E-state index contributed by atoms with van der Waals surface area (Å²) in [7, 11) is 0. The fraction of sp³-hybridized carbons (Fsp3) is 0.511. The molecule has 0 saturated carbocycles. The van der Waals surface area contributed by atoms with Gasteiger partial charge in [0.25, 0.3) is 0 Å². The number of piperidine rings is 2. The second kappa shape index (κ2) is 18.9. The number of aromatic hydroxyl groups is 1. The van der Waals surface area contributed by atoms with Crippen LogP contribution in [0.2, 0.25) is 0 Å². The van der Waals surface area contributed by atoms with Gasteiger partial charge in [-0.1, -0.05) is 57.2 Å². The Morgan fingerprint density at radius 1 is 0.953 bits per heavy atom. The Morgan fingerprint density at radius 2 is 1.66 bits per heavy atom. The standard InChI is InChI=1S/C47H61N11O5S/c1-28(31-10-12-32(13-11-31)42-29(2)49-27-64-42)50-45(62)38-22-34(59)25-57(38)46(63)43(47(3,4)5)51-40(61)26-56-18-14-30(15-19-56)24-55-20-16-33(17-21-55)58-37-23-36(35-8-6-7-9-39(35)60)52-53-41(37)44(48)54-58/h6-13,23,27-28,30,33-34,38,43,59-60H,14-22,24-26H2,1-5H3,(H2,48,54)(H,50,62)(H,51,61)/t28-,34+,38-,43+/m0/s1. The van der Waals surface area contributed by atoms with Crippen LogP contribution in [-0.2, 0) is 14.4 Å². The number of rotatable bonds is 12. The Labute approximate surface area is 378 Å². The molecule has 16 nitrogen and oxygen atoms in total. The highest BCUT2D eigenvalue weighted by Gasteiger charge is 2.45. The van der Waals surface area contributed by atoms with E-state index in [0.29, 0.717) is 28.5 Å². The number of β-amino-alcohol motifs (C(OH)–C–C–N with tert-alkyl or cyclic N) is 1. The van der Waals surface area contributed by atoms with E-state index in [9.17, 15) is 24.6 Å². The molecule has 5 aromatic rings. The molecule has 6 N–H and O–H groups in total. The van der Waals surface area contributed by atoms with Crippen LogP contribution in [0.3, 0.4) is 0 Å². The second-order valence-corrected chi connectivity index (χ2v) is 19.8. The number of nitrogens with zero attached hydrogens (tertiary/aromatic N) is 8. The van der Waals surface area contributed by atoms with E-state index >= 15 is 0 Å². The summed E-state index contributed by atoms with van der Waals surface area (Å²) < 4.78 is 1.99. The normalized spacial score (nSPS) is 20.4. The van der Waals surface area contributed by atoms with Crippen LogP contribution in [0.1, 0.15) is 83.1 Å². The topological polar surface area (TPSA) is 208 Å². The molecule has 6 heterocycles. The van der Waals surface area contributed by atoms with Gasteiger partial charge in [0.15, 0.2) is 11.3 Å². The number of benzene rings is 2. The number of amides is 3. The van der Waals surface area contributed by atoms with Gasteiger partial charge in [-0.2, -0.15) is 5.10 Å². The summed E-state index contributed by atoms with van der Waals surface area (Å²) in [5, 5.41) is 40.6. The maximum absolute atomic E-state index is 14.3. The van der Waals surface area contributed by atoms with Gasteiger partial charge >= 0.3 is 0 Å². The first-order chi connectivity index (χ1) is 30.6. The van der Waals surface area contributed by atoms with Crippen LogP contribution >= 0.6 is 11.3 Å². The van der Waals surface area contributed by atoms with Gasteiger partial charge in [-0.15, -0.1) is 21.5 Å². The van der Waals surface area contributed by atoms with Crippen molar-refractivity contribution in [2.75, 3.05) is 51.5 Å². The quantitative estimate of drug-likeness (QED) is 0.113. The van der Waals surface area contributed by atoms with E-state index in [0.717, 1.165) is 85.6 Å². The second-order valence-electron chi connectivity index (χ2n) is 18.9. The van der Waals surface area contributed by atoms with E-state index in [1.807, 2.05) is 87.3 Å². The van der Waals surface area contributed by atoms with Gasteiger partial charge in [0.1, 0.15) is 17.8 Å². The van der Waals surface area contributed by atoms with Crippen molar-refractivity contribution in [2.45, 2.75) is 97.0 Å². The number of carbonyl (C=O) groups is 3. The molecule has 3 aliphatic rings. The fourth-order valence-corrected chi connectivity index (χ4v) is 10.3. The van der Waals surface area contributed by atoms with Gasteiger partial charge in [0.2, 0.25) is 17.7 Å². The van der Waals surface area contributed by atoms with Crippen LogP contribution in [0, 0.1) is 18.3 Å². The van der Waals surface area contributed by atoms with Crippen LogP contribution in [-0.4, -0.2) is 132 Å². The average molecular weight is 892 g/mol. The smallest absolute Gasteiger partial charge is 0.246 e. The summed E-state index contributed by atoms with van der Waals surface area (Å²) in [4.78, 5) is 53.2. The predicted molar refractivity (Wildman–Crippen MR) is 247 cm³/mol. The average Bonchev–Trinajstić information content (AvgIpc) is 3.99. The molecular formula is C47H61N11O5S. The van der Waals surface area contributed by atoms with Crippen LogP contribution < -0.4 is 16.4 Å². The first-order valence-electron chi connectivity index (χ1n) is 22.5. The summed E-state index contributed by atoms with van der Waals surface area (Å²) in [6.45, 7) is 14.2. The van der Waals surface area contributed by atoms with Crippen molar-refractivity contribution in [1.29, 1.82) is 0 Å². The van der Waals surface area contributed by atoms with Crippen molar-refractivity contribution in [3.05, 3.63) is 71.4 Å². The third-order valence-electron chi connectivity index (χ3n) is 13.2. The largest absolute Gasteiger partial charge is 0.507 e. The predicted octanol–water partition coefficient (Wildman–Crippen LogP) is 4.93. The fourth-order valence-electron chi connectivity index (χ4n) is 9.52. The number of nitrogens with two attached hydrogens (primary N) is 1. The summed E-state index contributed by atoms with van der Waals surface area (Å²) in [6.07, 6.45) is 3.06. The minimum atomic E-state index is -0.885. The van der Waals surface area contributed by atoms with Gasteiger partial charge in [-0.3, -0.25) is 24.0 Å². The lowest BCUT2D eigenvalue weighted by molar-refractivity contribution is -0.144. The number of anilines is 1. The maximum Gasteiger partial charge on any atom is 0.246 e. The molecule has 0 radical (unpaired) electrons.